The summed E-state index contributed by atoms with van der Waals surface area (Å²) in [5.74, 6) is 0.0762. The molecule has 0 radical (unpaired) electrons. The molecule has 2 N–H and O–H groups in total. The molecule has 0 aliphatic heterocycles. The zero-order valence-electron chi connectivity index (χ0n) is 10.4. The number of hydrogen-bond acceptors (Lipinski definition) is 3. The molecular weight excluding hydrogens is 318 g/mol. The van der Waals surface area contributed by atoms with Crippen molar-refractivity contribution in [3.8, 4) is 0 Å². The van der Waals surface area contributed by atoms with Crippen LogP contribution >= 0.6 is 15.9 Å². The van der Waals surface area contributed by atoms with Gasteiger partial charge in [-0.25, -0.2) is 13.1 Å². The Morgan fingerprint density at radius 3 is 2.50 bits per heavy atom. The van der Waals surface area contributed by atoms with Crippen LogP contribution in [0.5, 0.6) is 0 Å². The zero-order chi connectivity index (χ0) is 13.8. The first kappa shape index (κ1) is 15.6. The molecule has 1 aromatic rings. The van der Waals surface area contributed by atoms with Gasteiger partial charge in [-0.15, -0.1) is 0 Å². The number of hydrogen-bond donors (Lipinski definition) is 2. The predicted octanol–water partition coefficient (Wildman–Crippen LogP) is 2.13. The monoisotopic (exact) mass is 335 g/mol. The van der Waals surface area contributed by atoms with Gasteiger partial charge in [0.25, 0.3) is 0 Å². The van der Waals surface area contributed by atoms with E-state index in [4.69, 9.17) is 0 Å². The van der Waals surface area contributed by atoms with E-state index in [9.17, 15) is 13.5 Å². The Balaban J connectivity index is 2.98. The normalized spacial score (nSPS) is 15.3. The summed E-state index contributed by atoms with van der Waals surface area (Å²) in [6.45, 7) is 3.65. The molecule has 0 aliphatic carbocycles. The third-order valence-electron chi connectivity index (χ3n) is 2.96. The minimum absolute atomic E-state index is 0.0762. The minimum Gasteiger partial charge on any atom is -0.395 e. The fourth-order valence-electron chi connectivity index (χ4n) is 1.54. The average Bonchev–Trinajstić information content (AvgIpc) is 2.35. The van der Waals surface area contributed by atoms with E-state index in [0.29, 0.717) is 4.47 Å². The highest BCUT2D eigenvalue weighted by Crippen LogP contribution is 2.22. The van der Waals surface area contributed by atoms with Gasteiger partial charge in [-0.3, -0.25) is 0 Å². The van der Waals surface area contributed by atoms with Crippen molar-refractivity contribution < 1.29 is 13.5 Å². The van der Waals surface area contributed by atoms with Crippen molar-refractivity contribution in [1.29, 1.82) is 0 Å². The summed E-state index contributed by atoms with van der Waals surface area (Å²) in [6, 6.07) is 6.15. The van der Waals surface area contributed by atoms with Gasteiger partial charge in [0, 0.05) is 10.5 Å². The highest BCUT2D eigenvalue weighted by molar-refractivity contribution is 9.10. The molecule has 0 bridgehead atoms. The molecule has 0 fully saturated rings. The Hall–Kier alpha value is -0.430. The van der Waals surface area contributed by atoms with E-state index < -0.39 is 16.1 Å². The van der Waals surface area contributed by atoms with Gasteiger partial charge < -0.3 is 5.11 Å². The van der Waals surface area contributed by atoms with Crippen LogP contribution in [0.2, 0.25) is 0 Å². The third kappa shape index (κ3) is 3.78. The molecule has 6 heteroatoms. The molecule has 18 heavy (non-hydrogen) atoms. The maximum absolute atomic E-state index is 12.2. The first-order chi connectivity index (χ1) is 8.42. The lowest BCUT2D eigenvalue weighted by Crippen LogP contribution is -2.41. The molecule has 0 amide bonds. The summed E-state index contributed by atoms with van der Waals surface area (Å²) in [6.07, 6.45) is 0.795. The smallest absolute Gasteiger partial charge is 0.242 e. The Kier molecular flexibility index (Phi) is 5.78. The van der Waals surface area contributed by atoms with Gasteiger partial charge in [-0.05, 0) is 34.0 Å². The van der Waals surface area contributed by atoms with Crippen LogP contribution in [0.25, 0.3) is 0 Å². The first-order valence-corrected chi connectivity index (χ1v) is 8.07. The van der Waals surface area contributed by atoms with E-state index in [1.807, 2.05) is 13.8 Å². The molecule has 0 saturated heterocycles. The van der Waals surface area contributed by atoms with Gasteiger partial charge >= 0.3 is 0 Å². The standard InChI is InChI=1S/C12H18BrNO3S/c1-3-9(2)11(8-15)14-18(16,17)12-7-5-4-6-10(12)13/h4-7,9,11,14-15H,3,8H2,1-2H3/t9-,11-/m1/s1. The topological polar surface area (TPSA) is 66.4 Å². The quantitative estimate of drug-likeness (QED) is 0.836. The van der Waals surface area contributed by atoms with Gasteiger partial charge in [-0.1, -0.05) is 32.4 Å². The molecule has 0 aromatic heterocycles. The summed E-state index contributed by atoms with van der Waals surface area (Å²) in [7, 11) is -3.61. The maximum Gasteiger partial charge on any atom is 0.242 e. The number of aliphatic hydroxyl groups is 1. The van der Waals surface area contributed by atoms with Crippen molar-refractivity contribution in [2.45, 2.75) is 31.2 Å². The van der Waals surface area contributed by atoms with Crippen LogP contribution in [0.4, 0.5) is 0 Å². The van der Waals surface area contributed by atoms with Gasteiger partial charge in [-0.2, -0.15) is 0 Å². The molecule has 1 rings (SSSR count). The Morgan fingerprint density at radius 2 is 2.00 bits per heavy atom. The number of benzene rings is 1. The summed E-state index contributed by atoms with van der Waals surface area (Å²) in [4.78, 5) is 0.187. The van der Waals surface area contributed by atoms with E-state index in [1.54, 1.807) is 18.2 Å². The van der Waals surface area contributed by atoms with Gasteiger partial charge in [0.15, 0.2) is 0 Å². The number of halogens is 1. The SMILES string of the molecule is CC[C@@H](C)[C@@H](CO)NS(=O)(=O)c1ccccc1Br. The highest BCUT2D eigenvalue weighted by atomic mass is 79.9. The van der Waals surface area contributed by atoms with E-state index in [1.165, 1.54) is 6.07 Å². The fourth-order valence-corrected chi connectivity index (χ4v) is 3.88. The zero-order valence-corrected chi connectivity index (χ0v) is 12.8. The van der Waals surface area contributed by atoms with Crippen molar-refractivity contribution in [2.24, 2.45) is 5.92 Å². The third-order valence-corrected chi connectivity index (χ3v) is 5.46. The van der Waals surface area contributed by atoms with Crippen molar-refractivity contribution in [2.75, 3.05) is 6.61 Å². The molecule has 102 valence electrons. The number of aliphatic hydroxyl groups excluding tert-OH is 1. The van der Waals surface area contributed by atoms with E-state index in [-0.39, 0.29) is 17.4 Å². The molecule has 0 spiro atoms. The second-order valence-corrected chi connectivity index (χ2v) is 6.76. The van der Waals surface area contributed by atoms with Crippen LogP contribution in [0.1, 0.15) is 20.3 Å². The van der Waals surface area contributed by atoms with Crippen LogP contribution < -0.4 is 4.72 Å². The lowest BCUT2D eigenvalue weighted by molar-refractivity contribution is 0.219. The van der Waals surface area contributed by atoms with E-state index >= 15 is 0 Å². The lowest BCUT2D eigenvalue weighted by atomic mass is 10.0. The second kappa shape index (κ2) is 6.65. The minimum atomic E-state index is -3.61. The van der Waals surface area contributed by atoms with Crippen LogP contribution in [0, 0.1) is 5.92 Å². The van der Waals surface area contributed by atoms with Gasteiger partial charge in [0.2, 0.25) is 10.0 Å². The Labute approximate surface area is 117 Å². The molecule has 1 aromatic carbocycles. The molecule has 0 aliphatic rings. The Morgan fingerprint density at radius 1 is 1.39 bits per heavy atom. The van der Waals surface area contributed by atoms with Gasteiger partial charge in [0.05, 0.1) is 11.5 Å². The van der Waals surface area contributed by atoms with Crippen LogP contribution in [0.15, 0.2) is 33.6 Å². The second-order valence-electron chi connectivity index (χ2n) is 4.23. The molecule has 0 saturated carbocycles. The maximum atomic E-state index is 12.2. The number of rotatable bonds is 6. The molecular formula is C12H18BrNO3S. The van der Waals surface area contributed by atoms with E-state index in [0.717, 1.165) is 6.42 Å². The summed E-state index contributed by atoms with van der Waals surface area (Å²) >= 11 is 3.22. The van der Waals surface area contributed by atoms with Gasteiger partial charge in [0.1, 0.15) is 0 Å². The van der Waals surface area contributed by atoms with Crippen LogP contribution in [-0.2, 0) is 10.0 Å². The Bertz CT molecular complexity index is 490. The van der Waals surface area contributed by atoms with Crippen molar-refractivity contribution in [1.82, 2.24) is 4.72 Å². The molecule has 0 heterocycles. The fraction of sp³-hybridized carbons (Fsp3) is 0.500. The van der Waals surface area contributed by atoms with Crippen LogP contribution in [-0.4, -0.2) is 26.2 Å². The number of sulfonamides is 1. The molecule has 4 nitrogen and oxygen atoms in total. The van der Waals surface area contributed by atoms with E-state index in [2.05, 4.69) is 20.7 Å². The lowest BCUT2D eigenvalue weighted by Gasteiger charge is -2.22. The number of nitrogens with one attached hydrogen (secondary N) is 1. The largest absolute Gasteiger partial charge is 0.395 e. The highest BCUT2D eigenvalue weighted by Gasteiger charge is 2.24. The van der Waals surface area contributed by atoms with Crippen LogP contribution in [0.3, 0.4) is 0 Å². The first-order valence-electron chi connectivity index (χ1n) is 5.80. The van der Waals surface area contributed by atoms with Crippen molar-refractivity contribution >= 4 is 26.0 Å². The van der Waals surface area contributed by atoms with Crippen molar-refractivity contribution in [3.63, 3.8) is 0 Å². The van der Waals surface area contributed by atoms with Crippen molar-refractivity contribution in [3.05, 3.63) is 28.7 Å². The molecule has 2 atom stereocenters. The summed E-state index contributed by atoms with van der Waals surface area (Å²) in [5, 5.41) is 9.27. The molecule has 0 unspecified atom stereocenters. The average molecular weight is 336 g/mol. The summed E-state index contributed by atoms with van der Waals surface area (Å²) in [5.41, 5.74) is 0. The summed E-state index contributed by atoms with van der Waals surface area (Å²) < 4.78 is 27.4. The predicted molar refractivity (Wildman–Crippen MR) is 74.8 cm³/mol.